The third kappa shape index (κ3) is 5.18. The molecular weight excluding hydrogens is 541 g/mol. The molecule has 1 amide bonds. The third-order valence-electron chi connectivity index (χ3n) is 7.54. The Bertz CT molecular complexity index is 1200. The number of hydrogen-bond acceptors (Lipinski definition) is 8. The van der Waals surface area contributed by atoms with E-state index in [0.29, 0.717) is 53.0 Å². The van der Waals surface area contributed by atoms with Crippen LogP contribution in [0.4, 0.5) is 26.4 Å². The number of aryl methyl sites for hydroxylation is 1. The molecule has 2 aliphatic heterocycles. The number of amides is 1. The number of nitrogens with two attached hydrogens (primary N) is 2. The number of ether oxygens (including phenoxy) is 1. The Morgan fingerprint density at radius 3 is 2.41 bits per heavy atom. The minimum absolute atomic E-state index is 0.0213. The number of pyridine rings is 1. The predicted octanol–water partition coefficient (Wildman–Crippen LogP) is 4.25. The molecule has 0 bridgehead atoms. The second kappa shape index (κ2) is 9.74. The van der Waals surface area contributed by atoms with E-state index in [1.807, 2.05) is 47.9 Å². The molecule has 0 unspecified atom stereocenters. The number of halogens is 2. The highest BCUT2D eigenvalue weighted by molar-refractivity contribution is 9.10. The van der Waals surface area contributed by atoms with Crippen molar-refractivity contribution in [2.75, 3.05) is 55.9 Å². The van der Waals surface area contributed by atoms with Crippen LogP contribution in [0.1, 0.15) is 46.1 Å². The van der Waals surface area contributed by atoms with Gasteiger partial charge in [0.25, 0.3) is 0 Å². The highest BCUT2D eigenvalue weighted by Crippen LogP contribution is 2.44. The van der Waals surface area contributed by atoms with E-state index in [1.54, 1.807) is 9.91 Å². The van der Waals surface area contributed by atoms with Crippen LogP contribution in [-0.4, -0.2) is 78.3 Å². The number of carbonyl (C=O) groups is 1. The number of nitrogens with zero attached hydrogens (tertiary/aromatic N) is 5. The van der Waals surface area contributed by atoms with Gasteiger partial charge in [-0.15, -0.1) is 0 Å². The lowest BCUT2D eigenvalue weighted by molar-refractivity contribution is 0.0204. The molecule has 0 radical (unpaired) electrons. The van der Waals surface area contributed by atoms with Gasteiger partial charge in [0, 0.05) is 37.6 Å². The second-order valence-corrected chi connectivity index (χ2v) is 12.6. The van der Waals surface area contributed by atoms with Gasteiger partial charge < -0.3 is 30.2 Å². The van der Waals surface area contributed by atoms with Gasteiger partial charge in [-0.05, 0) is 89.1 Å². The Morgan fingerprint density at radius 1 is 1.27 bits per heavy atom. The zero-order valence-electron chi connectivity index (χ0n) is 22.9. The third-order valence-corrected chi connectivity index (χ3v) is 8.52. The molecule has 9 nitrogen and oxygen atoms in total. The molecule has 37 heavy (non-hydrogen) atoms. The van der Waals surface area contributed by atoms with E-state index in [9.17, 15) is 4.79 Å². The van der Waals surface area contributed by atoms with Crippen molar-refractivity contribution in [3.63, 3.8) is 0 Å². The minimum atomic E-state index is -0.551. The maximum Gasteiger partial charge on any atom is 0.410 e. The zero-order valence-corrected chi connectivity index (χ0v) is 24.4. The van der Waals surface area contributed by atoms with Gasteiger partial charge in [0.15, 0.2) is 11.6 Å². The van der Waals surface area contributed by atoms with Gasteiger partial charge >= 0.3 is 6.09 Å². The molecule has 0 saturated carbocycles. The number of hydrogen-bond donors (Lipinski definition) is 2. The average Bonchev–Trinajstić information content (AvgIpc) is 2.79. The Hall–Kier alpha value is -2.37. The smallest absolute Gasteiger partial charge is 0.410 e. The molecule has 11 heteroatoms. The quantitative estimate of drug-likeness (QED) is 0.409. The molecule has 1 aromatic heterocycles. The molecule has 2 aromatic rings. The lowest BCUT2D eigenvalue weighted by Gasteiger charge is -2.52. The summed E-state index contributed by atoms with van der Waals surface area (Å²) in [6.07, 6.45) is 0.943. The number of hydrazine groups is 1. The minimum Gasteiger partial charge on any atom is -0.444 e. The summed E-state index contributed by atoms with van der Waals surface area (Å²) in [5.74, 6) is 6.87. The van der Waals surface area contributed by atoms with Gasteiger partial charge in [-0.3, -0.25) is 0 Å². The van der Waals surface area contributed by atoms with E-state index in [0.717, 1.165) is 18.7 Å². The standard InChI is InChI=1S/C26H39BrFN7O2/c1-15-12-17-21(19(28)18(15)27)31-23(34-13-26(5,14-34)32(6)7)20(29)22(17)35(30)16-8-10-33(11-9-16)24(36)37-25(2,3)4/h12,16H,8-11,13-14,29-30H2,1-7H3. The van der Waals surface area contributed by atoms with Crippen molar-refractivity contribution in [1.29, 1.82) is 0 Å². The zero-order chi connectivity index (χ0) is 27.4. The Labute approximate surface area is 227 Å². The van der Waals surface area contributed by atoms with Crippen molar-refractivity contribution in [2.45, 2.75) is 64.6 Å². The van der Waals surface area contributed by atoms with Crippen LogP contribution >= 0.6 is 15.9 Å². The summed E-state index contributed by atoms with van der Waals surface area (Å²) in [6.45, 7) is 12.0. The molecule has 2 saturated heterocycles. The van der Waals surface area contributed by atoms with Gasteiger partial charge in [-0.1, -0.05) is 0 Å². The maximum atomic E-state index is 15.5. The van der Waals surface area contributed by atoms with E-state index in [1.165, 1.54) is 0 Å². The van der Waals surface area contributed by atoms with Crippen molar-refractivity contribution in [3.8, 4) is 0 Å². The predicted molar refractivity (Wildman–Crippen MR) is 150 cm³/mol. The number of piperidine rings is 1. The van der Waals surface area contributed by atoms with Gasteiger partial charge in [0.05, 0.1) is 15.7 Å². The van der Waals surface area contributed by atoms with E-state index in [-0.39, 0.29) is 23.2 Å². The molecule has 0 spiro atoms. The van der Waals surface area contributed by atoms with E-state index in [2.05, 4.69) is 32.7 Å². The summed E-state index contributed by atoms with van der Waals surface area (Å²) < 4.78 is 21.4. The van der Waals surface area contributed by atoms with E-state index < -0.39 is 11.4 Å². The SMILES string of the molecule is Cc1cc2c(N(N)C3CCN(C(=O)OC(C)(C)C)CC3)c(N)c(N3CC(C)(N(C)C)C3)nc2c(F)c1Br. The summed E-state index contributed by atoms with van der Waals surface area (Å²) in [5, 5.41) is 2.24. The molecule has 2 fully saturated rings. The largest absolute Gasteiger partial charge is 0.444 e. The molecule has 0 aliphatic carbocycles. The lowest BCUT2D eigenvalue weighted by atomic mass is 9.90. The molecule has 4 N–H and O–H groups in total. The van der Waals surface area contributed by atoms with Crippen LogP contribution in [0.3, 0.4) is 0 Å². The maximum absolute atomic E-state index is 15.5. The molecule has 0 atom stereocenters. The summed E-state index contributed by atoms with van der Waals surface area (Å²) in [6, 6.07) is 1.79. The number of carbonyl (C=O) groups excluding carboxylic acids is 1. The average molecular weight is 581 g/mol. The van der Waals surface area contributed by atoms with Crippen molar-refractivity contribution >= 4 is 50.1 Å². The summed E-state index contributed by atoms with van der Waals surface area (Å²) in [4.78, 5) is 23.2. The van der Waals surface area contributed by atoms with E-state index >= 15 is 4.39 Å². The summed E-state index contributed by atoms with van der Waals surface area (Å²) >= 11 is 3.37. The topological polar surface area (TPSA) is 104 Å². The first kappa shape index (κ1) is 27.7. The van der Waals surface area contributed by atoms with Crippen LogP contribution in [0, 0.1) is 12.7 Å². The van der Waals surface area contributed by atoms with Crippen LogP contribution in [0.15, 0.2) is 10.5 Å². The number of likely N-dealkylation sites (tertiary alicyclic amines) is 1. The number of anilines is 3. The van der Waals surface area contributed by atoms with Gasteiger partial charge in [-0.2, -0.15) is 0 Å². The number of rotatable bonds is 4. The van der Waals surface area contributed by atoms with E-state index in [4.69, 9.17) is 21.3 Å². The molecule has 204 valence electrons. The monoisotopic (exact) mass is 579 g/mol. The number of aromatic nitrogens is 1. The van der Waals surface area contributed by atoms with Crippen molar-refractivity contribution in [3.05, 3.63) is 21.9 Å². The molecule has 4 rings (SSSR count). The first-order valence-corrected chi connectivity index (χ1v) is 13.4. The number of nitrogen functional groups attached to an aromatic ring is 1. The fraction of sp³-hybridized carbons (Fsp3) is 0.615. The first-order valence-electron chi connectivity index (χ1n) is 12.6. The molecule has 2 aliphatic rings. The lowest BCUT2D eigenvalue weighted by Crippen LogP contribution is -2.67. The second-order valence-electron chi connectivity index (χ2n) is 11.8. The Morgan fingerprint density at radius 2 is 1.86 bits per heavy atom. The van der Waals surface area contributed by atoms with Crippen molar-refractivity contribution in [1.82, 2.24) is 14.8 Å². The first-order chi connectivity index (χ1) is 17.1. The van der Waals surface area contributed by atoms with Crippen LogP contribution in [0.25, 0.3) is 10.9 Å². The van der Waals surface area contributed by atoms with Gasteiger partial charge in [0.2, 0.25) is 0 Å². The van der Waals surface area contributed by atoms with Crippen LogP contribution in [0.2, 0.25) is 0 Å². The number of likely N-dealkylation sites (N-methyl/N-ethyl adjacent to an activating group) is 1. The normalized spacial score (nSPS) is 18.4. The highest BCUT2D eigenvalue weighted by atomic mass is 79.9. The van der Waals surface area contributed by atoms with Crippen molar-refractivity contribution < 1.29 is 13.9 Å². The Balaban J connectivity index is 1.68. The fourth-order valence-electron chi connectivity index (χ4n) is 5.01. The summed E-state index contributed by atoms with van der Waals surface area (Å²) in [7, 11) is 4.09. The molecular formula is C26H39BrFN7O2. The summed E-state index contributed by atoms with van der Waals surface area (Å²) in [5.41, 5.74) is 8.16. The van der Waals surface area contributed by atoms with Crippen LogP contribution in [0.5, 0.6) is 0 Å². The fourth-order valence-corrected chi connectivity index (χ4v) is 5.32. The van der Waals surface area contributed by atoms with Gasteiger partial charge in [0.1, 0.15) is 16.8 Å². The van der Waals surface area contributed by atoms with Crippen molar-refractivity contribution in [2.24, 2.45) is 5.84 Å². The molecule has 3 heterocycles. The molecule has 1 aromatic carbocycles. The highest BCUT2D eigenvalue weighted by Gasteiger charge is 2.43. The van der Waals surface area contributed by atoms with Gasteiger partial charge in [-0.25, -0.2) is 20.0 Å². The number of benzene rings is 1. The Kier molecular flexibility index (Phi) is 7.28. The number of fused-ring (bicyclic) bond motifs is 1. The van der Waals surface area contributed by atoms with Crippen LogP contribution in [-0.2, 0) is 4.74 Å². The van der Waals surface area contributed by atoms with Crippen LogP contribution < -0.4 is 21.5 Å².